The minimum Gasteiger partial charge on any atom is -0.496 e. The molecule has 0 radical (unpaired) electrons. The zero-order valence-corrected chi connectivity index (χ0v) is 18.5. The molecule has 12 heteroatoms. The van der Waals surface area contributed by atoms with Gasteiger partial charge in [0.05, 0.1) is 7.11 Å². The first-order valence-corrected chi connectivity index (χ1v) is 10.2. The van der Waals surface area contributed by atoms with E-state index in [1.54, 1.807) is 25.1 Å². The molecule has 0 aromatic heterocycles. The minimum absolute atomic E-state index is 0.0907. The average Bonchev–Trinajstić information content (AvgIpc) is 2.89. The van der Waals surface area contributed by atoms with E-state index in [4.69, 9.17) is 21.4 Å². The lowest BCUT2D eigenvalue weighted by Gasteiger charge is -2.23. The molecule has 11 nitrogen and oxygen atoms in total. The lowest BCUT2D eigenvalue weighted by atomic mass is 10.2. The number of urea groups is 1. The number of hydrogen-bond acceptors (Lipinski definition) is 6. The van der Waals surface area contributed by atoms with E-state index in [2.05, 4.69) is 10.6 Å². The van der Waals surface area contributed by atoms with Gasteiger partial charge in [-0.1, -0.05) is 18.5 Å². The van der Waals surface area contributed by atoms with Gasteiger partial charge in [-0.25, -0.2) is 4.79 Å². The van der Waals surface area contributed by atoms with E-state index in [0.29, 0.717) is 16.3 Å². The Kier molecular flexibility index (Phi) is 8.82. The molecule has 32 heavy (non-hydrogen) atoms. The van der Waals surface area contributed by atoms with Gasteiger partial charge in [0, 0.05) is 30.1 Å². The Bertz CT molecular complexity index is 908. The predicted molar refractivity (Wildman–Crippen MR) is 113 cm³/mol. The number of halogens is 1. The van der Waals surface area contributed by atoms with Crippen LogP contribution in [0.25, 0.3) is 0 Å². The van der Waals surface area contributed by atoms with Crippen molar-refractivity contribution < 1.29 is 33.8 Å². The van der Waals surface area contributed by atoms with E-state index in [-0.39, 0.29) is 25.9 Å². The number of nitrogens with one attached hydrogen (secondary N) is 2. The SMILES string of the molecule is CCC(NC(=O)N1CC(=O)N(Cc2cc(Cl)ccc2OC)CCC1=O)C(=O)NCC(=O)O. The number of carboxylic acids is 1. The summed E-state index contributed by atoms with van der Waals surface area (Å²) in [4.78, 5) is 62.7. The molecule has 1 aliphatic rings. The van der Waals surface area contributed by atoms with Crippen molar-refractivity contribution in [3.05, 3.63) is 28.8 Å². The lowest BCUT2D eigenvalue weighted by molar-refractivity contribution is -0.138. The molecule has 0 spiro atoms. The molecule has 0 saturated carbocycles. The Balaban J connectivity index is 2.07. The molecule has 1 fully saturated rings. The maximum absolute atomic E-state index is 12.8. The van der Waals surface area contributed by atoms with Gasteiger partial charge in [0.25, 0.3) is 0 Å². The number of imide groups is 1. The second-order valence-corrected chi connectivity index (χ2v) is 7.46. The molecule has 0 aliphatic carbocycles. The molecule has 1 heterocycles. The van der Waals surface area contributed by atoms with Crippen LogP contribution in [0.3, 0.4) is 0 Å². The van der Waals surface area contributed by atoms with Crippen LogP contribution in [0.15, 0.2) is 18.2 Å². The van der Waals surface area contributed by atoms with Crippen molar-refractivity contribution in [2.45, 2.75) is 32.4 Å². The molecule has 5 amide bonds. The highest BCUT2D eigenvalue weighted by Gasteiger charge is 2.32. The normalized spacial score (nSPS) is 15.1. The second-order valence-electron chi connectivity index (χ2n) is 7.02. The van der Waals surface area contributed by atoms with Crippen molar-refractivity contribution in [2.75, 3.05) is 26.7 Å². The third kappa shape index (κ3) is 6.58. The zero-order valence-electron chi connectivity index (χ0n) is 17.7. The summed E-state index contributed by atoms with van der Waals surface area (Å²) in [6.45, 7) is 0.740. The first kappa shape index (κ1) is 24.9. The highest BCUT2D eigenvalue weighted by atomic mass is 35.5. The monoisotopic (exact) mass is 468 g/mol. The molecule has 1 aromatic carbocycles. The number of benzene rings is 1. The number of methoxy groups -OCH3 is 1. The number of aliphatic carboxylic acids is 1. The van der Waals surface area contributed by atoms with Gasteiger partial charge in [-0.15, -0.1) is 0 Å². The van der Waals surface area contributed by atoms with Gasteiger partial charge in [0.15, 0.2) is 0 Å². The van der Waals surface area contributed by atoms with Crippen LogP contribution < -0.4 is 15.4 Å². The van der Waals surface area contributed by atoms with E-state index in [1.165, 1.54) is 12.0 Å². The molecular weight excluding hydrogens is 444 g/mol. The average molecular weight is 469 g/mol. The molecule has 174 valence electrons. The van der Waals surface area contributed by atoms with E-state index >= 15 is 0 Å². The number of carbonyl (C=O) groups is 5. The first-order chi connectivity index (χ1) is 15.2. The number of carboxylic acid groups (broad SMARTS) is 1. The molecule has 1 aromatic rings. The van der Waals surface area contributed by atoms with Gasteiger partial charge < -0.3 is 25.4 Å². The molecule has 1 unspecified atom stereocenters. The van der Waals surface area contributed by atoms with Gasteiger partial charge in [-0.3, -0.25) is 24.1 Å². The summed E-state index contributed by atoms with van der Waals surface area (Å²) < 4.78 is 5.29. The molecule has 1 aliphatic heterocycles. The summed E-state index contributed by atoms with van der Waals surface area (Å²) in [6.07, 6.45) is 0.0674. The zero-order chi connectivity index (χ0) is 23.8. The quantitative estimate of drug-likeness (QED) is 0.506. The van der Waals surface area contributed by atoms with Gasteiger partial charge in [0.2, 0.25) is 17.7 Å². The summed E-state index contributed by atoms with van der Waals surface area (Å²) in [7, 11) is 1.49. The number of ether oxygens (including phenoxy) is 1. The third-order valence-electron chi connectivity index (χ3n) is 4.83. The summed E-state index contributed by atoms with van der Waals surface area (Å²) in [5.74, 6) is -2.44. The molecule has 2 rings (SSSR count). The Morgan fingerprint density at radius 3 is 2.59 bits per heavy atom. The predicted octanol–water partition coefficient (Wildman–Crippen LogP) is 0.599. The summed E-state index contributed by atoms with van der Waals surface area (Å²) in [6, 6.07) is 3.03. The third-order valence-corrected chi connectivity index (χ3v) is 5.06. The summed E-state index contributed by atoms with van der Waals surface area (Å²) >= 11 is 6.04. The highest BCUT2D eigenvalue weighted by molar-refractivity contribution is 6.30. The minimum atomic E-state index is -1.23. The Hall–Kier alpha value is -3.34. The van der Waals surface area contributed by atoms with E-state index in [0.717, 1.165) is 4.90 Å². The molecule has 3 N–H and O–H groups in total. The largest absolute Gasteiger partial charge is 0.496 e. The number of amides is 5. The van der Waals surface area contributed by atoms with Crippen LogP contribution in [0, 0.1) is 0 Å². The number of rotatable bonds is 8. The standard InChI is InChI=1S/C20H25ClN4O7/c1-3-14(19(30)22-9-18(28)29)23-20(31)25-11-17(27)24(7-6-16(25)26)10-12-8-13(21)4-5-15(12)32-2/h4-5,8,14H,3,6-7,9-11H2,1-2H3,(H,22,30)(H,23,31)(H,28,29). The van der Waals surface area contributed by atoms with Crippen molar-refractivity contribution in [2.24, 2.45) is 0 Å². The fraction of sp³-hybridized carbons (Fsp3) is 0.450. The summed E-state index contributed by atoms with van der Waals surface area (Å²) in [5.41, 5.74) is 0.653. The van der Waals surface area contributed by atoms with Crippen LogP contribution in [-0.4, -0.2) is 77.4 Å². The number of hydrogen-bond donors (Lipinski definition) is 3. The molecule has 1 atom stereocenters. The number of carbonyl (C=O) groups excluding carboxylic acids is 4. The molecule has 1 saturated heterocycles. The van der Waals surface area contributed by atoms with Crippen LogP contribution in [0.5, 0.6) is 5.75 Å². The van der Waals surface area contributed by atoms with Crippen LogP contribution in [0.2, 0.25) is 5.02 Å². The van der Waals surface area contributed by atoms with Gasteiger partial charge in [-0.05, 0) is 24.6 Å². The topological polar surface area (TPSA) is 145 Å². The van der Waals surface area contributed by atoms with E-state index in [9.17, 15) is 24.0 Å². The first-order valence-electron chi connectivity index (χ1n) is 9.86. The Morgan fingerprint density at radius 2 is 1.97 bits per heavy atom. The Morgan fingerprint density at radius 1 is 1.25 bits per heavy atom. The van der Waals surface area contributed by atoms with Crippen LogP contribution in [0.1, 0.15) is 25.3 Å². The number of nitrogens with zero attached hydrogens (tertiary/aromatic N) is 2. The van der Waals surface area contributed by atoms with Crippen LogP contribution in [0.4, 0.5) is 4.79 Å². The lowest BCUT2D eigenvalue weighted by Crippen LogP contribution is -2.53. The Labute approximate surface area is 189 Å². The second kappa shape index (κ2) is 11.3. The van der Waals surface area contributed by atoms with Crippen molar-refractivity contribution in [3.63, 3.8) is 0 Å². The van der Waals surface area contributed by atoms with Gasteiger partial charge >= 0.3 is 12.0 Å². The fourth-order valence-corrected chi connectivity index (χ4v) is 3.30. The maximum Gasteiger partial charge on any atom is 0.325 e. The van der Waals surface area contributed by atoms with E-state index in [1.807, 2.05) is 0 Å². The molecule has 0 bridgehead atoms. The van der Waals surface area contributed by atoms with Crippen molar-refractivity contribution in [1.82, 2.24) is 20.4 Å². The summed E-state index contributed by atoms with van der Waals surface area (Å²) in [5, 5.41) is 13.7. The fourth-order valence-electron chi connectivity index (χ4n) is 3.11. The molecular formula is C20H25ClN4O7. The van der Waals surface area contributed by atoms with Gasteiger partial charge in [-0.2, -0.15) is 0 Å². The van der Waals surface area contributed by atoms with Crippen molar-refractivity contribution >= 4 is 41.3 Å². The van der Waals surface area contributed by atoms with Crippen molar-refractivity contribution in [1.29, 1.82) is 0 Å². The van der Waals surface area contributed by atoms with Crippen LogP contribution >= 0.6 is 11.6 Å². The maximum atomic E-state index is 12.8. The van der Waals surface area contributed by atoms with Crippen LogP contribution in [-0.2, 0) is 25.7 Å². The van der Waals surface area contributed by atoms with Gasteiger partial charge in [0.1, 0.15) is 24.9 Å². The van der Waals surface area contributed by atoms with Crippen molar-refractivity contribution in [3.8, 4) is 5.75 Å². The highest BCUT2D eigenvalue weighted by Crippen LogP contribution is 2.24. The van der Waals surface area contributed by atoms with E-state index < -0.39 is 48.9 Å². The smallest absolute Gasteiger partial charge is 0.325 e.